The summed E-state index contributed by atoms with van der Waals surface area (Å²) >= 11 is 0. The van der Waals surface area contributed by atoms with E-state index in [0.717, 1.165) is 24.0 Å². The van der Waals surface area contributed by atoms with Crippen molar-refractivity contribution in [2.75, 3.05) is 20.2 Å². The van der Waals surface area contributed by atoms with Gasteiger partial charge in [0.15, 0.2) is 0 Å². The second-order valence-electron chi connectivity index (χ2n) is 5.99. The summed E-state index contributed by atoms with van der Waals surface area (Å²) in [5.74, 6) is 0.216. The third-order valence-corrected chi connectivity index (χ3v) is 6.08. The number of rotatable bonds is 4. The third kappa shape index (κ3) is 3.84. The summed E-state index contributed by atoms with van der Waals surface area (Å²) in [5, 5.41) is 2.81. The molecule has 128 valence electrons. The molecule has 0 spiro atoms. The van der Waals surface area contributed by atoms with Gasteiger partial charge in [0.25, 0.3) is 0 Å². The topological polar surface area (TPSA) is 75.7 Å². The van der Waals surface area contributed by atoms with E-state index in [1.165, 1.54) is 18.3 Å². The van der Waals surface area contributed by atoms with Crippen molar-refractivity contribution in [3.63, 3.8) is 0 Å². The van der Waals surface area contributed by atoms with Crippen molar-refractivity contribution < 1.29 is 17.9 Å². The lowest BCUT2D eigenvalue weighted by molar-refractivity contribution is -0.119. The maximum Gasteiger partial charge on any atom is 0.246 e. The zero-order chi connectivity index (χ0) is 17.2. The van der Waals surface area contributed by atoms with Crippen molar-refractivity contribution in [3.8, 4) is 5.75 Å². The number of benzene rings is 1. The molecule has 6 nitrogen and oxygen atoms in total. The highest BCUT2D eigenvalue weighted by Gasteiger charge is 2.32. The van der Waals surface area contributed by atoms with Crippen LogP contribution in [0.2, 0.25) is 0 Å². The quantitative estimate of drug-likeness (QED) is 0.903. The van der Waals surface area contributed by atoms with Gasteiger partial charge in [-0.15, -0.1) is 0 Å². The van der Waals surface area contributed by atoms with Gasteiger partial charge in [-0.1, -0.05) is 0 Å². The van der Waals surface area contributed by atoms with E-state index in [1.54, 1.807) is 12.1 Å². The number of aryl methyl sites for hydroxylation is 2. The smallest absolute Gasteiger partial charge is 0.246 e. The van der Waals surface area contributed by atoms with Gasteiger partial charge in [-0.3, -0.25) is 4.79 Å². The predicted octanol–water partition coefficient (Wildman–Crippen LogP) is 1.60. The SMILES string of the molecule is COc1cc(C)c(C)cc1S(=O)(=O)N1CCCC(NC(C)=O)C1. The van der Waals surface area contributed by atoms with Crippen molar-refractivity contribution in [1.82, 2.24) is 9.62 Å². The number of hydrogen-bond donors (Lipinski definition) is 1. The molecule has 0 aliphatic carbocycles. The van der Waals surface area contributed by atoms with Crippen molar-refractivity contribution in [1.29, 1.82) is 0 Å². The lowest BCUT2D eigenvalue weighted by Crippen LogP contribution is -2.49. The lowest BCUT2D eigenvalue weighted by atomic mass is 10.1. The zero-order valence-corrected chi connectivity index (χ0v) is 14.9. The normalized spacial score (nSPS) is 19.4. The van der Waals surface area contributed by atoms with Crippen LogP contribution in [0.3, 0.4) is 0 Å². The van der Waals surface area contributed by atoms with Gasteiger partial charge in [0, 0.05) is 26.1 Å². The van der Waals surface area contributed by atoms with E-state index < -0.39 is 10.0 Å². The van der Waals surface area contributed by atoms with Crippen LogP contribution in [-0.4, -0.2) is 44.9 Å². The Labute approximate surface area is 137 Å². The van der Waals surface area contributed by atoms with E-state index in [2.05, 4.69) is 5.32 Å². The molecule has 0 radical (unpaired) electrons. The van der Waals surface area contributed by atoms with Gasteiger partial charge in [0.05, 0.1) is 7.11 Å². The van der Waals surface area contributed by atoms with Crippen LogP contribution in [0.25, 0.3) is 0 Å². The van der Waals surface area contributed by atoms with Crippen LogP contribution in [0.4, 0.5) is 0 Å². The van der Waals surface area contributed by atoms with E-state index in [1.807, 2.05) is 13.8 Å². The molecule has 1 amide bonds. The number of hydrogen-bond acceptors (Lipinski definition) is 4. The minimum Gasteiger partial charge on any atom is -0.495 e. The number of sulfonamides is 1. The summed E-state index contributed by atoms with van der Waals surface area (Å²) in [6, 6.07) is 3.26. The Balaban J connectivity index is 2.34. The van der Waals surface area contributed by atoms with Gasteiger partial charge in [-0.25, -0.2) is 8.42 Å². The highest BCUT2D eigenvalue weighted by Crippen LogP contribution is 2.31. The number of methoxy groups -OCH3 is 1. The first-order valence-corrected chi connectivity index (χ1v) is 9.12. The summed E-state index contributed by atoms with van der Waals surface area (Å²) in [7, 11) is -2.18. The second kappa shape index (κ2) is 6.88. The highest BCUT2D eigenvalue weighted by atomic mass is 32.2. The van der Waals surface area contributed by atoms with E-state index >= 15 is 0 Å². The average molecular weight is 340 g/mol. The standard InChI is InChI=1S/C16H24N2O4S/c1-11-8-15(22-4)16(9-12(11)2)23(20,21)18-7-5-6-14(10-18)17-13(3)19/h8-9,14H,5-7,10H2,1-4H3,(H,17,19). The first kappa shape index (κ1) is 17.7. The van der Waals surface area contributed by atoms with Crippen LogP contribution < -0.4 is 10.1 Å². The summed E-state index contributed by atoms with van der Waals surface area (Å²) in [4.78, 5) is 11.4. The van der Waals surface area contributed by atoms with E-state index in [9.17, 15) is 13.2 Å². The van der Waals surface area contributed by atoms with E-state index in [4.69, 9.17) is 4.74 Å². The second-order valence-corrected chi connectivity index (χ2v) is 7.90. The Morgan fingerprint density at radius 3 is 2.57 bits per heavy atom. The Bertz CT molecular complexity index is 700. The molecular formula is C16H24N2O4S. The average Bonchev–Trinajstić information content (AvgIpc) is 2.49. The third-order valence-electron chi connectivity index (χ3n) is 4.19. The highest BCUT2D eigenvalue weighted by molar-refractivity contribution is 7.89. The van der Waals surface area contributed by atoms with Gasteiger partial charge in [-0.2, -0.15) is 4.31 Å². The summed E-state index contributed by atoms with van der Waals surface area (Å²) in [6.07, 6.45) is 1.51. The fraction of sp³-hybridized carbons (Fsp3) is 0.562. The van der Waals surface area contributed by atoms with Crippen LogP contribution in [0.1, 0.15) is 30.9 Å². The van der Waals surface area contributed by atoms with Gasteiger partial charge in [-0.05, 0) is 49.9 Å². The number of nitrogens with zero attached hydrogens (tertiary/aromatic N) is 1. The number of nitrogens with one attached hydrogen (secondary N) is 1. The largest absolute Gasteiger partial charge is 0.495 e. The lowest BCUT2D eigenvalue weighted by Gasteiger charge is -2.32. The van der Waals surface area contributed by atoms with Crippen molar-refractivity contribution >= 4 is 15.9 Å². The molecule has 0 aromatic heterocycles. The first-order valence-electron chi connectivity index (χ1n) is 7.68. The molecule has 2 rings (SSSR count). The van der Waals surface area contributed by atoms with Gasteiger partial charge in [0.2, 0.25) is 15.9 Å². The van der Waals surface area contributed by atoms with Gasteiger partial charge >= 0.3 is 0 Å². The molecule has 1 atom stereocenters. The Morgan fingerprint density at radius 2 is 1.96 bits per heavy atom. The summed E-state index contributed by atoms with van der Waals surface area (Å²) in [5.41, 5.74) is 1.88. The van der Waals surface area contributed by atoms with Gasteiger partial charge in [0.1, 0.15) is 10.6 Å². The van der Waals surface area contributed by atoms with E-state index in [-0.39, 0.29) is 23.4 Å². The molecule has 0 saturated carbocycles. The number of amides is 1. The molecule has 0 bridgehead atoms. The maximum absolute atomic E-state index is 13.0. The molecule has 1 heterocycles. The number of piperidine rings is 1. The van der Waals surface area contributed by atoms with Crippen molar-refractivity contribution in [3.05, 3.63) is 23.3 Å². The molecule has 1 aromatic carbocycles. The van der Waals surface area contributed by atoms with Gasteiger partial charge < -0.3 is 10.1 Å². The summed E-state index contributed by atoms with van der Waals surface area (Å²) < 4.78 is 32.7. The van der Waals surface area contributed by atoms with Crippen LogP contribution in [0.15, 0.2) is 17.0 Å². The molecule has 1 N–H and O–H groups in total. The molecule has 1 saturated heterocycles. The monoisotopic (exact) mass is 340 g/mol. The molecule has 7 heteroatoms. The van der Waals surface area contributed by atoms with Crippen LogP contribution >= 0.6 is 0 Å². The van der Waals surface area contributed by atoms with Crippen LogP contribution in [-0.2, 0) is 14.8 Å². The zero-order valence-electron chi connectivity index (χ0n) is 14.0. The fourth-order valence-corrected chi connectivity index (χ4v) is 4.58. The van der Waals surface area contributed by atoms with Crippen molar-refractivity contribution in [2.45, 2.75) is 44.6 Å². The van der Waals surface area contributed by atoms with E-state index in [0.29, 0.717) is 12.3 Å². The number of ether oxygens (including phenoxy) is 1. The van der Waals surface area contributed by atoms with Crippen LogP contribution in [0.5, 0.6) is 5.75 Å². The molecule has 1 aliphatic rings. The number of carbonyl (C=O) groups is 1. The maximum atomic E-state index is 13.0. The number of carbonyl (C=O) groups excluding carboxylic acids is 1. The Morgan fingerprint density at radius 1 is 1.30 bits per heavy atom. The molecule has 1 aliphatic heterocycles. The molecule has 1 aromatic rings. The van der Waals surface area contributed by atoms with Crippen LogP contribution in [0, 0.1) is 13.8 Å². The fourth-order valence-electron chi connectivity index (χ4n) is 2.83. The predicted molar refractivity (Wildman–Crippen MR) is 88.1 cm³/mol. The Kier molecular flexibility index (Phi) is 5.31. The summed E-state index contributed by atoms with van der Waals surface area (Å²) in [6.45, 7) is 5.98. The van der Waals surface area contributed by atoms with Crippen molar-refractivity contribution in [2.24, 2.45) is 0 Å². The molecule has 1 fully saturated rings. The minimum atomic E-state index is -3.66. The minimum absolute atomic E-state index is 0.141. The molecule has 23 heavy (non-hydrogen) atoms. The first-order chi connectivity index (χ1) is 10.8. The molecular weight excluding hydrogens is 316 g/mol. The molecule has 1 unspecified atom stereocenters. The Hall–Kier alpha value is -1.60.